The maximum absolute atomic E-state index is 14.5. The van der Waals surface area contributed by atoms with E-state index in [1.54, 1.807) is 0 Å². The first kappa shape index (κ1) is 17.5. The van der Waals surface area contributed by atoms with E-state index in [4.69, 9.17) is 4.42 Å². The van der Waals surface area contributed by atoms with Gasteiger partial charge in [0.05, 0.1) is 0 Å². The first-order chi connectivity index (χ1) is 13.7. The molecule has 5 aromatic rings. The second kappa shape index (κ2) is 6.77. The van der Waals surface area contributed by atoms with E-state index in [2.05, 4.69) is 15.9 Å². The van der Waals surface area contributed by atoms with Crippen molar-refractivity contribution in [1.82, 2.24) is 0 Å². The van der Waals surface area contributed by atoms with Crippen LogP contribution in [0.4, 0.5) is 0 Å². The van der Waals surface area contributed by atoms with E-state index in [9.17, 15) is 4.57 Å². The standard InChI is InChI=1S/C24H16BrO2P/c25-17-11-13-23-21(15-17)22-16-20(12-14-24(22)27-23)28(26,18-7-3-1-4-8-18)19-9-5-2-6-10-19/h1-16H. The average molecular weight is 447 g/mol. The van der Waals surface area contributed by atoms with Gasteiger partial charge in [0.2, 0.25) is 0 Å². The van der Waals surface area contributed by atoms with Crippen LogP contribution >= 0.6 is 23.1 Å². The zero-order chi connectivity index (χ0) is 19.1. The van der Waals surface area contributed by atoms with Crippen LogP contribution in [0.3, 0.4) is 0 Å². The molecule has 0 N–H and O–H groups in total. The monoisotopic (exact) mass is 446 g/mol. The maximum Gasteiger partial charge on any atom is 0.171 e. The Kier molecular flexibility index (Phi) is 4.23. The summed E-state index contributed by atoms with van der Waals surface area (Å²) in [6.45, 7) is 0. The number of furan rings is 1. The minimum Gasteiger partial charge on any atom is -0.456 e. The highest BCUT2D eigenvalue weighted by atomic mass is 79.9. The van der Waals surface area contributed by atoms with Gasteiger partial charge in [-0.1, -0.05) is 76.6 Å². The molecule has 0 saturated carbocycles. The first-order valence-electron chi connectivity index (χ1n) is 9.00. The van der Waals surface area contributed by atoms with Crippen LogP contribution in [-0.4, -0.2) is 0 Å². The molecule has 0 atom stereocenters. The van der Waals surface area contributed by atoms with Crippen molar-refractivity contribution in [2.45, 2.75) is 0 Å². The minimum atomic E-state index is -3.00. The molecule has 1 aromatic heterocycles. The molecule has 0 amide bonds. The van der Waals surface area contributed by atoms with Crippen LogP contribution in [0.15, 0.2) is 106 Å². The zero-order valence-corrected chi connectivity index (χ0v) is 17.4. The summed E-state index contributed by atoms with van der Waals surface area (Å²) < 4.78 is 21.5. The van der Waals surface area contributed by atoms with Gasteiger partial charge in [-0.15, -0.1) is 0 Å². The number of benzene rings is 4. The molecule has 28 heavy (non-hydrogen) atoms. The van der Waals surface area contributed by atoms with Crippen LogP contribution < -0.4 is 15.9 Å². The van der Waals surface area contributed by atoms with E-state index >= 15 is 0 Å². The molecule has 0 spiro atoms. The molecule has 0 saturated heterocycles. The highest BCUT2D eigenvalue weighted by molar-refractivity contribution is 9.10. The second-order valence-corrected chi connectivity index (χ2v) is 10.4. The predicted molar refractivity (Wildman–Crippen MR) is 121 cm³/mol. The number of fused-ring (bicyclic) bond motifs is 3. The van der Waals surface area contributed by atoms with Crippen molar-refractivity contribution in [3.8, 4) is 0 Å². The molecule has 5 rings (SSSR count). The largest absolute Gasteiger partial charge is 0.456 e. The molecule has 0 fully saturated rings. The van der Waals surface area contributed by atoms with Gasteiger partial charge >= 0.3 is 0 Å². The van der Waals surface area contributed by atoms with Gasteiger partial charge in [-0.05, 0) is 36.4 Å². The molecule has 4 aromatic carbocycles. The predicted octanol–water partition coefficient (Wildman–Crippen LogP) is 5.99. The fraction of sp³-hybridized carbons (Fsp3) is 0. The van der Waals surface area contributed by atoms with Crippen molar-refractivity contribution in [3.63, 3.8) is 0 Å². The molecule has 0 aliphatic heterocycles. The fourth-order valence-electron chi connectivity index (χ4n) is 3.66. The Morgan fingerprint density at radius 2 is 1.14 bits per heavy atom. The van der Waals surface area contributed by atoms with Gasteiger partial charge in [0.25, 0.3) is 0 Å². The van der Waals surface area contributed by atoms with Gasteiger partial charge in [-0.25, -0.2) is 0 Å². The Hall–Kier alpha value is -2.61. The summed E-state index contributed by atoms with van der Waals surface area (Å²) in [6, 6.07) is 31.3. The highest BCUT2D eigenvalue weighted by Crippen LogP contribution is 2.43. The van der Waals surface area contributed by atoms with E-state index < -0.39 is 7.14 Å². The Labute approximate surface area is 171 Å². The van der Waals surface area contributed by atoms with Crippen LogP contribution in [0.1, 0.15) is 0 Å². The minimum absolute atomic E-state index is 0.796. The van der Waals surface area contributed by atoms with Crippen LogP contribution in [0.2, 0.25) is 0 Å². The summed E-state index contributed by atoms with van der Waals surface area (Å²) in [5.41, 5.74) is 1.62. The summed E-state index contributed by atoms with van der Waals surface area (Å²) in [5.74, 6) is 0. The lowest BCUT2D eigenvalue weighted by atomic mass is 10.1. The van der Waals surface area contributed by atoms with Crippen molar-refractivity contribution >= 4 is 60.9 Å². The third-order valence-electron chi connectivity index (χ3n) is 5.02. The Morgan fingerprint density at radius 1 is 0.607 bits per heavy atom. The molecule has 0 unspecified atom stereocenters. The number of halogens is 1. The lowest BCUT2D eigenvalue weighted by molar-refractivity contribution is 0.592. The van der Waals surface area contributed by atoms with Gasteiger partial charge in [0, 0.05) is 31.2 Å². The van der Waals surface area contributed by atoms with E-state index in [0.29, 0.717) is 0 Å². The van der Waals surface area contributed by atoms with Gasteiger partial charge in [0.1, 0.15) is 11.2 Å². The molecule has 0 aliphatic carbocycles. The van der Waals surface area contributed by atoms with Gasteiger partial charge in [0.15, 0.2) is 7.14 Å². The zero-order valence-electron chi connectivity index (χ0n) is 14.9. The summed E-state index contributed by atoms with van der Waals surface area (Å²) in [4.78, 5) is 0. The molecular weight excluding hydrogens is 431 g/mol. The van der Waals surface area contributed by atoms with E-state index in [0.717, 1.165) is 42.3 Å². The first-order valence-corrected chi connectivity index (χ1v) is 11.5. The van der Waals surface area contributed by atoms with E-state index in [1.165, 1.54) is 0 Å². The normalized spacial score (nSPS) is 11.9. The van der Waals surface area contributed by atoms with Crippen LogP contribution in [0, 0.1) is 0 Å². The van der Waals surface area contributed by atoms with Crippen molar-refractivity contribution in [3.05, 3.63) is 102 Å². The number of hydrogen-bond acceptors (Lipinski definition) is 2. The average Bonchev–Trinajstić information content (AvgIpc) is 3.11. The molecular formula is C24H16BrO2P. The van der Waals surface area contributed by atoms with E-state index in [1.807, 2.05) is 97.1 Å². The third kappa shape index (κ3) is 2.74. The van der Waals surface area contributed by atoms with Crippen molar-refractivity contribution in [2.24, 2.45) is 0 Å². The lowest BCUT2D eigenvalue weighted by Crippen LogP contribution is -2.24. The Balaban J connectivity index is 1.82. The van der Waals surface area contributed by atoms with Crippen molar-refractivity contribution in [1.29, 1.82) is 0 Å². The Morgan fingerprint density at radius 3 is 1.75 bits per heavy atom. The van der Waals surface area contributed by atoms with Crippen molar-refractivity contribution < 1.29 is 8.98 Å². The molecule has 0 bridgehead atoms. The molecule has 2 nitrogen and oxygen atoms in total. The topological polar surface area (TPSA) is 30.2 Å². The van der Waals surface area contributed by atoms with Crippen LogP contribution in [0.5, 0.6) is 0 Å². The smallest absolute Gasteiger partial charge is 0.171 e. The SMILES string of the molecule is O=P(c1ccccc1)(c1ccccc1)c1ccc2oc3ccc(Br)cc3c2c1. The molecule has 0 aliphatic rings. The number of rotatable bonds is 3. The third-order valence-corrected chi connectivity index (χ3v) is 8.57. The summed E-state index contributed by atoms with van der Waals surface area (Å²) in [7, 11) is -3.00. The second-order valence-electron chi connectivity index (χ2n) is 6.70. The number of hydrogen-bond donors (Lipinski definition) is 0. The lowest BCUT2D eigenvalue weighted by Gasteiger charge is -2.20. The highest BCUT2D eigenvalue weighted by Gasteiger charge is 2.30. The molecule has 0 radical (unpaired) electrons. The molecule has 4 heteroatoms. The van der Waals surface area contributed by atoms with Crippen LogP contribution in [0.25, 0.3) is 21.9 Å². The summed E-state index contributed by atoms with van der Waals surface area (Å²) in [6.07, 6.45) is 0. The van der Waals surface area contributed by atoms with Crippen LogP contribution in [-0.2, 0) is 4.57 Å². The van der Waals surface area contributed by atoms with Crippen molar-refractivity contribution in [2.75, 3.05) is 0 Å². The maximum atomic E-state index is 14.5. The van der Waals surface area contributed by atoms with Gasteiger partial charge in [-0.3, -0.25) is 0 Å². The quantitative estimate of drug-likeness (QED) is 0.318. The summed E-state index contributed by atoms with van der Waals surface area (Å²) >= 11 is 3.54. The molecule has 136 valence electrons. The van der Waals surface area contributed by atoms with Gasteiger partial charge < -0.3 is 8.98 Å². The Bertz CT molecular complexity index is 1300. The summed E-state index contributed by atoms with van der Waals surface area (Å²) in [5, 5.41) is 4.45. The fourth-order valence-corrected chi connectivity index (χ4v) is 6.69. The van der Waals surface area contributed by atoms with Gasteiger partial charge in [-0.2, -0.15) is 0 Å². The van der Waals surface area contributed by atoms with E-state index in [-0.39, 0.29) is 0 Å². The molecule has 1 heterocycles.